The molecule has 2 N–H and O–H groups in total. The number of rotatable bonds is 5. The average Bonchev–Trinajstić information content (AvgIpc) is 2.27. The van der Waals surface area contributed by atoms with Crippen LogP contribution >= 0.6 is 0 Å². The van der Waals surface area contributed by atoms with Crippen molar-refractivity contribution in [1.82, 2.24) is 10.3 Å². The molecule has 1 rings (SSSR count). The van der Waals surface area contributed by atoms with Crippen LogP contribution in [0.25, 0.3) is 0 Å². The summed E-state index contributed by atoms with van der Waals surface area (Å²) in [6.07, 6.45) is 1.09. The number of pyridine rings is 1. The zero-order valence-electron chi connectivity index (χ0n) is 8.74. The number of halogens is 2. The number of amides is 1. The Kier molecular flexibility index (Phi) is 4.50. The molecule has 7 heteroatoms. The highest BCUT2D eigenvalue weighted by Gasteiger charge is 2.15. The molecule has 92 valence electrons. The third-order valence-electron chi connectivity index (χ3n) is 1.94. The second-order valence-corrected chi connectivity index (χ2v) is 3.22. The lowest BCUT2D eigenvalue weighted by molar-refractivity contribution is -0.137. The predicted octanol–water partition coefficient (Wildman–Crippen LogP) is 0.954. The minimum atomic E-state index is -1.34. The molecule has 0 saturated carbocycles. The summed E-state index contributed by atoms with van der Waals surface area (Å²) in [6.45, 7) is 0.0779. The van der Waals surface area contributed by atoms with Crippen molar-refractivity contribution in [2.24, 2.45) is 0 Å². The van der Waals surface area contributed by atoms with E-state index in [1.807, 2.05) is 0 Å². The van der Waals surface area contributed by atoms with Gasteiger partial charge >= 0.3 is 5.97 Å². The van der Waals surface area contributed by atoms with Gasteiger partial charge in [0.25, 0.3) is 5.91 Å². The van der Waals surface area contributed by atoms with Gasteiger partial charge in [-0.25, -0.2) is 9.37 Å². The van der Waals surface area contributed by atoms with Crippen LogP contribution in [0.1, 0.15) is 23.2 Å². The molecule has 1 heterocycles. The molecular formula is C10H10F2N2O3. The average molecular weight is 244 g/mol. The van der Waals surface area contributed by atoms with Crippen LogP contribution in [0.4, 0.5) is 8.78 Å². The summed E-state index contributed by atoms with van der Waals surface area (Å²) in [6, 6.07) is 1.05. The van der Waals surface area contributed by atoms with Gasteiger partial charge in [-0.3, -0.25) is 9.59 Å². The number of hydrogen-bond donors (Lipinski definition) is 2. The van der Waals surface area contributed by atoms with Gasteiger partial charge in [-0.1, -0.05) is 0 Å². The minimum Gasteiger partial charge on any atom is -0.481 e. The second kappa shape index (κ2) is 5.88. The monoisotopic (exact) mass is 244 g/mol. The van der Waals surface area contributed by atoms with Crippen LogP contribution in [0.3, 0.4) is 0 Å². The lowest BCUT2D eigenvalue weighted by Gasteiger charge is -2.04. The molecule has 0 aliphatic heterocycles. The van der Waals surface area contributed by atoms with Crippen molar-refractivity contribution in [1.29, 1.82) is 0 Å². The molecule has 1 aromatic rings. The lowest BCUT2D eigenvalue weighted by atomic mass is 10.2. The highest BCUT2D eigenvalue weighted by Crippen LogP contribution is 2.08. The molecule has 0 unspecified atom stereocenters. The van der Waals surface area contributed by atoms with Gasteiger partial charge in [0.05, 0.1) is 5.56 Å². The van der Waals surface area contributed by atoms with Crippen LogP contribution in [0.2, 0.25) is 0 Å². The summed E-state index contributed by atoms with van der Waals surface area (Å²) in [5, 5.41) is 10.6. The van der Waals surface area contributed by atoms with E-state index in [2.05, 4.69) is 10.3 Å². The summed E-state index contributed by atoms with van der Waals surface area (Å²) in [4.78, 5) is 24.6. The maximum atomic E-state index is 13.1. The lowest BCUT2D eigenvalue weighted by Crippen LogP contribution is -2.26. The zero-order chi connectivity index (χ0) is 12.8. The fourth-order valence-electron chi connectivity index (χ4n) is 1.13. The van der Waals surface area contributed by atoms with E-state index >= 15 is 0 Å². The second-order valence-electron chi connectivity index (χ2n) is 3.22. The van der Waals surface area contributed by atoms with Gasteiger partial charge in [-0.15, -0.1) is 0 Å². The van der Waals surface area contributed by atoms with Crippen LogP contribution in [-0.2, 0) is 4.79 Å². The normalized spacial score (nSPS) is 10.0. The fourth-order valence-corrected chi connectivity index (χ4v) is 1.13. The number of hydrogen-bond acceptors (Lipinski definition) is 3. The third-order valence-corrected chi connectivity index (χ3v) is 1.94. The molecule has 5 nitrogen and oxygen atoms in total. The molecule has 0 radical (unpaired) electrons. The fraction of sp³-hybridized carbons (Fsp3) is 0.300. The van der Waals surface area contributed by atoms with Crippen molar-refractivity contribution < 1.29 is 23.5 Å². The van der Waals surface area contributed by atoms with E-state index in [4.69, 9.17) is 5.11 Å². The zero-order valence-corrected chi connectivity index (χ0v) is 8.74. The summed E-state index contributed by atoms with van der Waals surface area (Å²) in [5.41, 5.74) is -0.451. The van der Waals surface area contributed by atoms with Gasteiger partial charge < -0.3 is 10.4 Å². The molecule has 0 spiro atoms. The quantitative estimate of drug-likeness (QED) is 0.597. The first-order chi connectivity index (χ1) is 8.02. The minimum absolute atomic E-state index is 0.0779. The van der Waals surface area contributed by atoms with Gasteiger partial charge in [0.1, 0.15) is 0 Å². The molecule has 1 aromatic heterocycles. The Morgan fingerprint density at radius 3 is 2.76 bits per heavy atom. The van der Waals surface area contributed by atoms with E-state index < -0.39 is 29.2 Å². The van der Waals surface area contributed by atoms with Gasteiger partial charge in [-0.05, 0) is 12.5 Å². The van der Waals surface area contributed by atoms with Crippen molar-refractivity contribution in [3.05, 3.63) is 29.6 Å². The molecular weight excluding hydrogens is 234 g/mol. The Bertz CT molecular complexity index is 438. The van der Waals surface area contributed by atoms with Crippen LogP contribution in [0.5, 0.6) is 0 Å². The van der Waals surface area contributed by atoms with Crippen LogP contribution in [0, 0.1) is 11.8 Å². The van der Waals surface area contributed by atoms with Crippen molar-refractivity contribution in [2.75, 3.05) is 6.54 Å². The van der Waals surface area contributed by atoms with Crippen molar-refractivity contribution in [3.63, 3.8) is 0 Å². The molecule has 0 atom stereocenters. The number of carbonyl (C=O) groups excluding carboxylic acids is 1. The molecule has 0 aromatic carbocycles. The van der Waals surface area contributed by atoms with Crippen molar-refractivity contribution in [2.45, 2.75) is 12.8 Å². The van der Waals surface area contributed by atoms with Gasteiger partial charge in [0, 0.05) is 19.2 Å². The highest BCUT2D eigenvalue weighted by molar-refractivity contribution is 5.94. The highest BCUT2D eigenvalue weighted by atomic mass is 19.2. The smallest absolute Gasteiger partial charge is 0.303 e. The van der Waals surface area contributed by atoms with E-state index in [1.165, 1.54) is 0 Å². The predicted molar refractivity (Wildman–Crippen MR) is 53.4 cm³/mol. The number of carboxylic acids is 1. The van der Waals surface area contributed by atoms with E-state index in [0.717, 1.165) is 12.3 Å². The summed E-state index contributed by atoms with van der Waals surface area (Å²) < 4.78 is 25.8. The van der Waals surface area contributed by atoms with Gasteiger partial charge in [-0.2, -0.15) is 4.39 Å². The largest absolute Gasteiger partial charge is 0.481 e. The van der Waals surface area contributed by atoms with E-state index in [9.17, 15) is 18.4 Å². The first-order valence-electron chi connectivity index (χ1n) is 4.82. The number of aromatic nitrogens is 1. The molecule has 0 aliphatic carbocycles. The maximum Gasteiger partial charge on any atom is 0.303 e. The van der Waals surface area contributed by atoms with Crippen molar-refractivity contribution >= 4 is 11.9 Å². The first-order valence-corrected chi connectivity index (χ1v) is 4.82. The summed E-state index contributed by atoms with van der Waals surface area (Å²) in [5.74, 6) is -4.44. The van der Waals surface area contributed by atoms with Crippen LogP contribution in [0.15, 0.2) is 12.3 Å². The van der Waals surface area contributed by atoms with E-state index in [0.29, 0.717) is 0 Å². The van der Waals surface area contributed by atoms with E-state index in [1.54, 1.807) is 0 Å². The molecule has 0 fully saturated rings. The number of aliphatic carboxylic acids is 1. The van der Waals surface area contributed by atoms with E-state index in [-0.39, 0.29) is 19.4 Å². The Hall–Kier alpha value is -2.05. The van der Waals surface area contributed by atoms with Crippen LogP contribution in [-0.4, -0.2) is 28.5 Å². The third kappa shape index (κ3) is 3.78. The van der Waals surface area contributed by atoms with Crippen LogP contribution < -0.4 is 5.32 Å². The Labute approximate surface area is 95.5 Å². The number of carboxylic acid groups (broad SMARTS) is 1. The number of nitrogens with one attached hydrogen (secondary N) is 1. The summed E-state index contributed by atoms with van der Waals surface area (Å²) >= 11 is 0. The summed E-state index contributed by atoms with van der Waals surface area (Å²) in [7, 11) is 0. The standard InChI is InChI=1S/C10H10F2N2O3/c11-8-6(3-5-13-9(8)12)10(17)14-4-1-2-7(15)16/h3,5H,1-2,4H2,(H,14,17)(H,15,16). The van der Waals surface area contributed by atoms with Gasteiger partial charge in [0.2, 0.25) is 5.95 Å². The SMILES string of the molecule is O=C(O)CCCNC(=O)c1ccnc(F)c1F. The Morgan fingerprint density at radius 2 is 2.12 bits per heavy atom. The molecule has 1 amide bonds. The molecule has 0 bridgehead atoms. The Morgan fingerprint density at radius 1 is 1.41 bits per heavy atom. The molecule has 0 saturated heterocycles. The van der Waals surface area contributed by atoms with Crippen molar-refractivity contribution in [3.8, 4) is 0 Å². The molecule has 17 heavy (non-hydrogen) atoms. The van der Waals surface area contributed by atoms with Gasteiger partial charge in [0.15, 0.2) is 5.82 Å². The Balaban J connectivity index is 2.53. The molecule has 0 aliphatic rings. The first kappa shape index (κ1) is 13.0. The topological polar surface area (TPSA) is 79.3 Å². The number of carbonyl (C=O) groups is 2. The maximum absolute atomic E-state index is 13.1. The number of nitrogens with zero attached hydrogens (tertiary/aromatic N) is 1.